The highest BCUT2D eigenvalue weighted by Gasteiger charge is 2.20. The minimum absolute atomic E-state index is 0.0213. The van der Waals surface area contributed by atoms with Crippen LogP contribution in [0.5, 0.6) is 5.75 Å². The van der Waals surface area contributed by atoms with Crippen molar-refractivity contribution in [3.05, 3.63) is 34.4 Å². The van der Waals surface area contributed by atoms with Crippen LogP contribution in [-0.4, -0.2) is 48.8 Å². The summed E-state index contributed by atoms with van der Waals surface area (Å²) in [6, 6.07) is 6.21. The number of ether oxygens (including phenoxy) is 2. The molecule has 0 N–H and O–H groups in total. The van der Waals surface area contributed by atoms with Crippen LogP contribution in [-0.2, 0) is 4.74 Å². The third kappa shape index (κ3) is 3.90. The number of hydrogen-bond donors (Lipinski definition) is 0. The Morgan fingerprint density at radius 1 is 1.58 bits per heavy atom. The second-order valence-electron chi connectivity index (χ2n) is 4.45. The van der Waals surface area contributed by atoms with E-state index in [9.17, 15) is 10.1 Å². The van der Waals surface area contributed by atoms with Gasteiger partial charge in [0, 0.05) is 19.2 Å². The topological polar surface area (TPSA) is 64.8 Å². The molecule has 104 valence electrons. The molecule has 19 heavy (non-hydrogen) atoms. The van der Waals surface area contributed by atoms with Gasteiger partial charge in [-0.25, -0.2) is 0 Å². The maximum Gasteiger partial charge on any atom is 0.273 e. The Kier molecular flexibility index (Phi) is 4.70. The smallest absolute Gasteiger partial charge is 0.273 e. The first kappa shape index (κ1) is 13.8. The Bertz CT molecular complexity index is 438. The van der Waals surface area contributed by atoms with E-state index in [1.807, 2.05) is 0 Å². The summed E-state index contributed by atoms with van der Waals surface area (Å²) in [5.74, 6) is 0.506. The van der Waals surface area contributed by atoms with E-state index in [0.29, 0.717) is 19.0 Å². The number of benzene rings is 1. The lowest BCUT2D eigenvalue weighted by molar-refractivity contribution is -0.384. The Balaban J connectivity index is 1.88. The minimum atomic E-state index is -0.428. The summed E-state index contributed by atoms with van der Waals surface area (Å²) in [7, 11) is 0. The van der Waals surface area contributed by atoms with Crippen LogP contribution in [0.4, 0.5) is 5.69 Å². The minimum Gasteiger partial charge on any atom is -0.491 e. The van der Waals surface area contributed by atoms with E-state index in [2.05, 4.69) is 11.8 Å². The number of hydrogen-bond acceptors (Lipinski definition) is 5. The van der Waals surface area contributed by atoms with Crippen molar-refractivity contribution in [3.63, 3.8) is 0 Å². The highest BCUT2D eigenvalue weighted by atomic mass is 16.6. The first-order chi connectivity index (χ1) is 9.19. The Labute approximate surface area is 112 Å². The molecule has 0 unspecified atom stereocenters. The quantitative estimate of drug-likeness (QED) is 0.599. The van der Waals surface area contributed by atoms with E-state index in [-0.39, 0.29) is 11.8 Å². The maximum absolute atomic E-state index is 10.7. The van der Waals surface area contributed by atoms with Gasteiger partial charge >= 0.3 is 0 Å². The predicted octanol–water partition coefficient (Wildman–Crippen LogP) is 1.69. The number of likely N-dealkylation sites (N-methyl/N-ethyl adjacent to an activating group) is 1. The zero-order valence-electron chi connectivity index (χ0n) is 10.9. The molecule has 0 amide bonds. The normalized spacial score (nSPS) is 20.2. The summed E-state index contributed by atoms with van der Waals surface area (Å²) < 4.78 is 11.2. The number of nitro groups is 1. The van der Waals surface area contributed by atoms with E-state index in [1.54, 1.807) is 12.1 Å². The summed E-state index contributed by atoms with van der Waals surface area (Å²) >= 11 is 0. The van der Waals surface area contributed by atoms with Gasteiger partial charge in [-0.1, -0.05) is 13.0 Å². The van der Waals surface area contributed by atoms with Gasteiger partial charge < -0.3 is 9.47 Å². The van der Waals surface area contributed by atoms with Gasteiger partial charge in [-0.15, -0.1) is 0 Å². The first-order valence-electron chi connectivity index (χ1n) is 6.40. The molecule has 0 spiro atoms. The van der Waals surface area contributed by atoms with Crippen molar-refractivity contribution in [1.29, 1.82) is 0 Å². The molecule has 1 saturated heterocycles. The average molecular weight is 266 g/mol. The summed E-state index contributed by atoms with van der Waals surface area (Å²) in [5, 5.41) is 10.7. The molecule has 1 aromatic rings. The molecule has 0 aliphatic carbocycles. The van der Waals surface area contributed by atoms with Gasteiger partial charge in [-0.3, -0.25) is 15.0 Å². The largest absolute Gasteiger partial charge is 0.491 e. The highest BCUT2D eigenvalue weighted by molar-refractivity contribution is 5.37. The fraction of sp³-hybridized carbons (Fsp3) is 0.538. The van der Waals surface area contributed by atoms with E-state index < -0.39 is 4.92 Å². The second kappa shape index (κ2) is 6.49. The lowest BCUT2D eigenvalue weighted by Crippen LogP contribution is -2.44. The Hall–Kier alpha value is -1.66. The van der Waals surface area contributed by atoms with Crippen LogP contribution in [0, 0.1) is 10.1 Å². The van der Waals surface area contributed by atoms with Gasteiger partial charge in [0.25, 0.3) is 5.69 Å². The van der Waals surface area contributed by atoms with Gasteiger partial charge in [0.05, 0.1) is 17.6 Å². The zero-order valence-corrected chi connectivity index (χ0v) is 10.9. The van der Waals surface area contributed by atoms with Crippen LogP contribution in [0.1, 0.15) is 6.92 Å². The predicted molar refractivity (Wildman–Crippen MR) is 70.4 cm³/mol. The summed E-state index contributed by atoms with van der Waals surface area (Å²) in [4.78, 5) is 12.5. The Morgan fingerprint density at radius 3 is 3.16 bits per heavy atom. The number of nitrogens with zero attached hydrogens (tertiary/aromatic N) is 2. The van der Waals surface area contributed by atoms with Crippen LogP contribution in [0.3, 0.4) is 0 Å². The fourth-order valence-corrected chi connectivity index (χ4v) is 2.04. The number of rotatable bonds is 5. The van der Waals surface area contributed by atoms with Crippen molar-refractivity contribution >= 4 is 5.69 Å². The van der Waals surface area contributed by atoms with Gasteiger partial charge in [0.2, 0.25) is 0 Å². The molecule has 1 aliphatic rings. The third-order valence-electron chi connectivity index (χ3n) is 3.13. The molecule has 0 aromatic heterocycles. The summed E-state index contributed by atoms with van der Waals surface area (Å²) in [6.45, 7) is 6.02. The van der Waals surface area contributed by atoms with Crippen LogP contribution < -0.4 is 4.74 Å². The van der Waals surface area contributed by atoms with Crippen molar-refractivity contribution < 1.29 is 14.4 Å². The SMILES string of the molecule is CCN1CCO[C@@H](COc2cccc([N+](=O)[O-])c2)C1. The standard InChI is InChI=1S/C13H18N2O4/c1-2-14-6-7-18-13(9-14)10-19-12-5-3-4-11(8-12)15(16)17/h3-5,8,13H,2,6-7,9-10H2,1H3/t13-/m1/s1. The number of nitro benzene ring substituents is 1. The Morgan fingerprint density at radius 2 is 2.42 bits per heavy atom. The molecule has 1 atom stereocenters. The fourth-order valence-electron chi connectivity index (χ4n) is 2.04. The molecule has 1 fully saturated rings. The first-order valence-corrected chi connectivity index (χ1v) is 6.40. The monoisotopic (exact) mass is 266 g/mol. The van der Waals surface area contributed by atoms with E-state index >= 15 is 0 Å². The lowest BCUT2D eigenvalue weighted by Gasteiger charge is -2.31. The average Bonchev–Trinajstić information content (AvgIpc) is 2.45. The molecule has 1 heterocycles. The molecule has 2 rings (SSSR count). The van der Waals surface area contributed by atoms with Crippen molar-refractivity contribution in [2.75, 3.05) is 32.8 Å². The van der Waals surface area contributed by atoms with E-state index in [4.69, 9.17) is 9.47 Å². The van der Waals surface area contributed by atoms with Crippen LogP contribution in [0.25, 0.3) is 0 Å². The van der Waals surface area contributed by atoms with Crippen LogP contribution in [0.2, 0.25) is 0 Å². The molecular formula is C13H18N2O4. The molecule has 0 radical (unpaired) electrons. The van der Waals surface area contributed by atoms with Gasteiger partial charge in [0.15, 0.2) is 0 Å². The molecule has 0 saturated carbocycles. The van der Waals surface area contributed by atoms with Gasteiger partial charge in [-0.2, -0.15) is 0 Å². The van der Waals surface area contributed by atoms with Gasteiger partial charge in [-0.05, 0) is 12.6 Å². The summed E-state index contributed by atoms with van der Waals surface area (Å²) in [6.07, 6.45) is 0.0213. The van der Waals surface area contributed by atoms with Crippen molar-refractivity contribution in [1.82, 2.24) is 4.90 Å². The van der Waals surface area contributed by atoms with Crippen molar-refractivity contribution in [2.24, 2.45) is 0 Å². The number of morpholine rings is 1. The van der Waals surface area contributed by atoms with Crippen LogP contribution >= 0.6 is 0 Å². The molecular weight excluding hydrogens is 248 g/mol. The molecule has 1 aromatic carbocycles. The lowest BCUT2D eigenvalue weighted by atomic mass is 10.3. The molecule has 6 heteroatoms. The molecule has 0 bridgehead atoms. The highest BCUT2D eigenvalue weighted by Crippen LogP contribution is 2.19. The zero-order chi connectivity index (χ0) is 13.7. The summed E-state index contributed by atoms with van der Waals surface area (Å²) in [5.41, 5.74) is 0.0391. The van der Waals surface area contributed by atoms with Crippen LogP contribution in [0.15, 0.2) is 24.3 Å². The number of non-ortho nitro benzene ring substituents is 1. The van der Waals surface area contributed by atoms with Crippen molar-refractivity contribution in [3.8, 4) is 5.75 Å². The molecule has 6 nitrogen and oxygen atoms in total. The third-order valence-corrected chi connectivity index (χ3v) is 3.13. The van der Waals surface area contributed by atoms with E-state index in [0.717, 1.165) is 19.6 Å². The molecule has 1 aliphatic heterocycles. The second-order valence-corrected chi connectivity index (χ2v) is 4.45. The van der Waals surface area contributed by atoms with E-state index in [1.165, 1.54) is 12.1 Å². The van der Waals surface area contributed by atoms with Crippen molar-refractivity contribution in [2.45, 2.75) is 13.0 Å². The van der Waals surface area contributed by atoms with Gasteiger partial charge in [0.1, 0.15) is 18.5 Å². The maximum atomic E-state index is 10.7.